The van der Waals surface area contributed by atoms with Crippen LogP contribution in [-0.2, 0) is 29.9 Å². The van der Waals surface area contributed by atoms with Crippen LogP contribution < -0.4 is 14.8 Å². The van der Waals surface area contributed by atoms with Crippen molar-refractivity contribution in [3.63, 3.8) is 0 Å². The van der Waals surface area contributed by atoms with Crippen molar-refractivity contribution < 1.29 is 25.3 Å². The third-order valence-corrected chi connectivity index (χ3v) is 10.7. The predicted octanol–water partition coefficient (Wildman–Crippen LogP) is 2.61. The van der Waals surface area contributed by atoms with Crippen LogP contribution in [-0.4, -0.2) is 43.8 Å². The van der Waals surface area contributed by atoms with Crippen LogP contribution in [0.2, 0.25) is 0 Å². The van der Waals surface area contributed by atoms with Gasteiger partial charge in [0.05, 0.1) is 21.4 Å². The van der Waals surface area contributed by atoms with Gasteiger partial charge in [-0.2, -0.15) is 4.72 Å². The number of hydrogen-bond acceptors (Lipinski definition) is 7. The van der Waals surface area contributed by atoms with E-state index in [1.807, 2.05) is 20.8 Å². The van der Waals surface area contributed by atoms with Crippen molar-refractivity contribution in [3.05, 3.63) is 89.5 Å². The lowest BCUT2D eigenvalue weighted by Gasteiger charge is -2.20. The monoisotopic (exact) mass is 565 g/mol. The SMILES string of the molecule is Cc1ccc(S(=O)(=O)NCCC(NCNS(=O)(=O)c2ccc(C)cc2)S(=O)(=O)c2ccc(C)cc2)cc1. The fourth-order valence-corrected chi connectivity index (χ4v) is 6.99. The van der Waals surface area contributed by atoms with Crippen molar-refractivity contribution in [1.82, 2.24) is 14.8 Å². The average molecular weight is 566 g/mol. The van der Waals surface area contributed by atoms with E-state index in [9.17, 15) is 25.3 Å². The molecule has 0 saturated heterocycles. The second-order valence-electron chi connectivity index (χ2n) is 8.69. The van der Waals surface area contributed by atoms with Crippen LogP contribution in [0.5, 0.6) is 0 Å². The minimum atomic E-state index is -3.97. The van der Waals surface area contributed by atoms with Gasteiger partial charge >= 0.3 is 0 Å². The highest BCUT2D eigenvalue weighted by Crippen LogP contribution is 2.18. The summed E-state index contributed by atoms with van der Waals surface area (Å²) in [5, 5.41) is 1.46. The molecule has 1 unspecified atom stereocenters. The molecule has 0 fully saturated rings. The van der Waals surface area contributed by atoms with Gasteiger partial charge < -0.3 is 0 Å². The number of nitrogens with one attached hydrogen (secondary N) is 3. The van der Waals surface area contributed by atoms with Crippen LogP contribution >= 0.6 is 0 Å². The Morgan fingerprint density at radius 1 is 0.568 bits per heavy atom. The van der Waals surface area contributed by atoms with Crippen LogP contribution in [0.15, 0.2) is 87.5 Å². The third-order valence-electron chi connectivity index (χ3n) is 5.68. The Bertz CT molecular complexity index is 1440. The molecule has 0 bridgehead atoms. The molecule has 3 rings (SSSR count). The molecule has 3 aromatic rings. The van der Waals surface area contributed by atoms with Crippen molar-refractivity contribution in [1.29, 1.82) is 0 Å². The van der Waals surface area contributed by atoms with E-state index in [0.29, 0.717) is 0 Å². The zero-order valence-corrected chi connectivity index (χ0v) is 23.3. The van der Waals surface area contributed by atoms with E-state index in [0.717, 1.165) is 16.7 Å². The van der Waals surface area contributed by atoms with Gasteiger partial charge in [0, 0.05) is 6.54 Å². The largest absolute Gasteiger partial charge is 0.287 e. The van der Waals surface area contributed by atoms with E-state index >= 15 is 0 Å². The van der Waals surface area contributed by atoms with E-state index in [4.69, 9.17) is 0 Å². The molecule has 1 atom stereocenters. The quantitative estimate of drug-likeness (QED) is 0.287. The minimum absolute atomic E-state index is 0.0402. The molecule has 9 nitrogen and oxygen atoms in total. The molecule has 12 heteroatoms. The summed E-state index contributed by atoms with van der Waals surface area (Å²) < 4.78 is 82.0. The van der Waals surface area contributed by atoms with Crippen LogP contribution in [0.3, 0.4) is 0 Å². The van der Waals surface area contributed by atoms with Gasteiger partial charge in [0.1, 0.15) is 5.37 Å². The second kappa shape index (κ2) is 11.8. The standard InChI is InChI=1S/C25H31N3O6S3/c1-19-4-10-22(11-5-19)35(29,30)25(16-17-27-36(31,32)23-12-6-20(2)7-13-23)26-18-28-37(33,34)24-14-8-21(3)9-15-24/h4-15,25-28H,16-18H2,1-3H3. The van der Waals surface area contributed by atoms with Crippen molar-refractivity contribution in [2.75, 3.05) is 13.2 Å². The first-order valence-corrected chi connectivity index (χ1v) is 16.0. The normalized spacial score (nSPS) is 13.4. The molecule has 200 valence electrons. The van der Waals surface area contributed by atoms with E-state index in [1.54, 1.807) is 36.4 Å². The predicted molar refractivity (Wildman–Crippen MR) is 143 cm³/mol. The number of rotatable bonds is 12. The van der Waals surface area contributed by atoms with Gasteiger partial charge in [0.15, 0.2) is 9.84 Å². The maximum absolute atomic E-state index is 13.4. The molecule has 0 aliphatic heterocycles. The smallest absolute Gasteiger partial charge is 0.241 e. The third kappa shape index (κ3) is 7.69. The van der Waals surface area contributed by atoms with Gasteiger partial charge in [-0.1, -0.05) is 53.1 Å². The number of benzene rings is 3. The summed E-state index contributed by atoms with van der Waals surface area (Å²) in [5.41, 5.74) is 2.68. The van der Waals surface area contributed by atoms with Crippen molar-refractivity contribution in [2.24, 2.45) is 0 Å². The fourth-order valence-electron chi connectivity index (χ4n) is 3.44. The Morgan fingerprint density at radius 3 is 1.38 bits per heavy atom. The lowest BCUT2D eigenvalue weighted by molar-refractivity contribution is 0.514. The molecular weight excluding hydrogens is 534 g/mol. The Labute approximate surface area is 219 Å². The molecule has 3 aromatic carbocycles. The zero-order valence-electron chi connectivity index (χ0n) is 20.8. The number of aryl methyl sites for hydroxylation is 3. The van der Waals surface area contributed by atoms with Crippen molar-refractivity contribution >= 4 is 29.9 Å². The van der Waals surface area contributed by atoms with Gasteiger partial charge in [0.2, 0.25) is 20.0 Å². The molecule has 0 aliphatic carbocycles. The van der Waals surface area contributed by atoms with Gasteiger partial charge in [-0.15, -0.1) is 0 Å². The van der Waals surface area contributed by atoms with Gasteiger partial charge in [-0.3, -0.25) is 5.32 Å². The van der Waals surface area contributed by atoms with Crippen molar-refractivity contribution in [3.8, 4) is 0 Å². The van der Waals surface area contributed by atoms with Crippen LogP contribution in [0.4, 0.5) is 0 Å². The van der Waals surface area contributed by atoms with Gasteiger partial charge in [-0.05, 0) is 63.6 Å². The first kappa shape index (κ1) is 29.0. The maximum Gasteiger partial charge on any atom is 0.241 e. The summed E-state index contributed by atoms with van der Waals surface area (Å²) in [6.07, 6.45) is -0.145. The van der Waals surface area contributed by atoms with Crippen molar-refractivity contribution in [2.45, 2.75) is 47.3 Å². The number of hydrogen-bond donors (Lipinski definition) is 3. The highest BCUT2D eigenvalue weighted by molar-refractivity contribution is 7.92. The first-order chi connectivity index (χ1) is 17.3. The van der Waals surface area contributed by atoms with Crippen LogP contribution in [0, 0.1) is 20.8 Å². The Kier molecular flexibility index (Phi) is 9.27. The fraction of sp³-hybridized carbons (Fsp3) is 0.280. The van der Waals surface area contributed by atoms with Crippen LogP contribution in [0.1, 0.15) is 23.1 Å². The molecule has 0 saturated carbocycles. The Hall–Kier alpha value is -2.61. The summed E-state index contributed by atoms with van der Waals surface area (Å²) in [7, 11) is -11.7. The topological polar surface area (TPSA) is 139 Å². The molecule has 3 N–H and O–H groups in total. The lowest BCUT2D eigenvalue weighted by Crippen LogP contribution is -2.45. The van der Waals surface area contributed by atoms with Crippen LogP contribution in [0.25, 0.3) is 0 Å². The van der Waals surface area contributed by atoms with E-state index in [-0.39, 0.29) is 34.3 Å². The number of sulfone groups is 1. The maximum atomic E-state index is 13.4. The summed E-state index contributed by atoms with van der Waals surface area (Å²) in [4.78, 5) is 0.150. The molecule has 0 heterocycles. The summed E-state index contributed by atoms with van der Waals surface area (Å²) in [6, 6.07) is 18.7. The van der Waals surface area contributed by atoms with E-state index in [2.05, 4.69) is 14.8 Å². The molecule has 0 amide bonds. The Balaban J connectivity index is 1.75. The average Bonchev–Trinajstić information content (AvgIpc) is 2.84. The highest BCUT2D eigenvalue weighted by Gasteiger charge is 2.28. The zero-order chi connectivity index (χ0) is 27.3. The molecule has 37 heavy (non-hydrogen) atoms. The summed E-state index contributed by atoms with van der Waals surface area (Å²) >= 11 is 0. The minimum Gasteiger partial charge on any atom is -0.287 e. The van der Waals surface area contributed by atoms with E-state index in [1.165, 1.54) is 36.4 Å². The van der Waals surface area contributed by atoms with Gasteiger partial charge in [0.25, 0.3) is 0 Å². The second-order valence-corrected chi connectivity index (χ2v) is 14.4. The molecular formula is C25H31N3O6S3. The molecule has 0 radical (unpaired) electrons. The molecule has 0 aliphatic rings. The molecule has 0 aromatic heterocycles. The molecule has 0 spiro atoms. The summed E-state index contributed by atoms with van der Waals surface area (Å²) in [5.74, 6) is 0. The summed E-state index contributed by atoms with van der Waals surface area (Å²) in [6.45, 7) is 4.92. The van der Waals surface area contributed by atoms with E-state index < -0.39 is 35.3 Å². The Morgan fingerprint density at radius 2 is 0.946 bits per heavy atom. The number of sulfonamides is 2. The highest BCUT2D eigenvalue weighted by atomic mass is 32.2. The first-order valence-electron chi connectivity index (χ1n) is 11.5. The lowest BCUT2D eigenvalue weighted by atomic mass is 10.2. The van der Waals surface area contributed by atoms with Gasteiger partial charge in [-0.25, -0.2) is 30.0 Å².